The number of esters is 1. The van der Waals surface area contributed by atoms with E-state index in [1.165, 1.54) is 7.11 Å². The number of hydrogen-bond donors (Lipinski definition) is 0. The molecule has 0 N–H and O–H groups in total. The van der Waals surface area contributed by atoms with Gasteiger partial charge in [0, 0.05) is 16.2 Å². The molecule has 0 atom stereocenters. The monoisotopic (exact) mass is 331 g/mol. The van der Waals surface area contributed by atoms with Gasteiger partial charge in [0.05, 0.1) is 12.7 Å². The molecule has 3 aromatic rings. The zero-order valence-electron chi connectivity index (χ0n) is 10.6. The van der Waals surface area contributed by atoms with Crippen LogP contribution in [0, 0.1) is 0 Å². The predicted octanol–water partition coefficient (Wildman–Crippen LogP) is 2.95. The van der Waals surface area contributed by atoms with Gasteiger partial charge >= 0.3 is 5.97 Å². The summed E-state index contributed by atoms with van der Waals surface area (Å²) in [5, 5.41) is 4.38. The second kappa shape index (κ2) is 5.05. The van der Waals surface area contributed by atoms with Crippen molar-refractivity contribution in [2.45, 2.75) is 0 Å². The second-order valence-electron chi connectivity index (χ2n) is 4.16. The van der Waals surface area contributed by atoms with Crippen LogP contribution >= 0.6 is 15.9 Å². The average molecular weight is 332 g/mol. The van der Waals surface area contributed by atoms with Crippen LogP contribution in [-0.4, -0.2) is 27.7 Å². The number of rotatable bonds is 2. The van der Waals surface area contributed by atoms with Gasteiger partial charge in [-0.3, -0.25) is 0 Å². The standard InChI is InChI=1S/C14H10BrN3O2/c1-20-14(19)10-5-6-12-16-13(17-18(12)8-10)9-3-2-4-11(15)7-9/h2-8H,1H3. The smallest absolute Gasteiger partial charge is 0.339 e. The van der Waals surface area contributed by atoms with Crippen molar-refractivity contribution in [1.29, 1.82) is 0 Å². The summed E-state index contributed by atoms with van der Waals surface area (Å²) >= 11 is 3.42. The molecule has 3 rings (SSSR count). The van der Waals surface area contributed by atoms with Crippen LogP contribution in [-0.2, 0) is 4.74 Å². The van der Waals surface area contributed by atoms with Gasteiger partial charge in [-0.1, -0.05) is 28.1 Å². The number of hydrogen-bond acceptors (Lipinski definition) is 4. The predicted molar refractivity (Wildman–Crippen MR) is 77.5 cm³/mol. The van der Waals surface area contributed by atoms with E-state index in [1.807, 2.05) is 24.3 Å². The van der Waals surface area contributed by atoms with Crippen molar-refractivity contribution in [3.63, 3.8) is 0 Å². The van der Waals surface area contributed by atoms with Crippen LogP contribution in [0.1, 0.15) is 10.4 Å². The van der Waals surface area contributed by atoms with Crippen LogP contribution in [0.3, 0.4) is 0 Å². The molecule has 0 saturated carbocycles. The lowest BCUT2D eigenvalue weighted by atomic mass is 10.2. The Morgan fingerprint density at radius 2 is 2.15 bits per heavy atom. The minimum Gasteiger partial charge on any atom is -0.465 e. The van der Waals surface area contributed by atoms with Gasteiger partial charge in [0.15, 0.2) is 11.5 Å². The van der Waals surface area contributed by atoms with E-state index >= 15 is 0 Å². The van der Waals surface area contributed by atoms with Crippen LogP contribution in [0.25, 0.3) is 17.0 Å². The fraction of sp³-hybridized carbons (Fsp3) is 0.0714. The third kappa shape index (κ3) is 2.30. The molecule has 0 amide bonds. The zero-order chi connectivity index (χ0) is 14.1. The van der Waals surface area contributed by atoms with Gasteiger partial charge in [0.2, 0.25) is 0 Å². The molecule has 0 aliphatic heterocycles. The molecular formula is C14H10BrN3O2. The summed E-state index contributed by atoms with van der Waals surface area (Å²) in [7, 11) is 1.35. The molecule has 1 aromatic carbocycles. The molecule has 2 heterocycles. The molecule has 6 heteroatoms. The van der Waals surface area contributed by atoms with Gasteiger partial charge in [0.1, 0.15) is 0 Å². The Balaban J connectivity index is 2.09. The maximum absolute atomic E-state index is 11.5. The molecule has 0 spiro atoms. The molecule has 0 aliphatic carbocycles. The van der Waals surface area contributed by atoms with E-state index in [0.717, 1.165) is 10.0 Å². The maximum atomic E-state index is 11.5. The van der Waals surface area contributed by atoms with Crippen LogP contribution < -0.4 is 0 Å². The summed E-state index contributed by atoms with van der Waals surface area (Å²) in [4.78, 5) is 15.9. The normalized spacial score (nSPS) is 10.7. The fourth-order valence-electron chi connectivity index (χ4n) is 1.87. The number of benzene rings is 1. The van der Waals surface area contributed by atoms with Gasteiger partial charge < -0.3 is 4.74 Å². The highest BCUT2D eigenvalue weighted by Crippen LogP contribution is 2.20. The Labute approximate surface area is 123 Å². The first-order valence-electron chi connectivity index (χ1n) is 5.88. The van der Waals surface area contributed by atoms with Gasteiger partial charge in [0.25, 0.3) is 0 Å². The molecule has 0 unspecified atom stereocenters. The highest BCUT2D eigenvalue weighted by Gasteiger charge is 2.10. The Morgan fingerprint density at radius 3 is 2.90 bits per heavy atom. The third-order valence-electron chi connectivity index (χ3n) is 2.83. The second-order valence-corrected chi connectivity index (χ2v) is 5.07. The summed E-state index contributed by atoms with van der Waals surface area (Å²) < 4.78 is 7.22. The third-order valence-corrected chi connectivity index (χ3v) is 3.33. The maximum Gasteiger partial charge on any atom is 0.339 e. The minimum absolute atomic E-state index is 0.397. The van der Waals surface area contributed by atoms with Crippen molar-refractivity contribution >= 4 is 27.5 Å². The lowest BCUT2D eigenvalue weighted by molar-refractivity contribution is 0.0600. The number of aromatic nitrogens is 3. The first-order chi connectivity index (χ1) is 9.67. The fourth-order valence-corrected chi connectivity index (χ4v) is 2.27. The highest BCUT2D eigenvalue weighted by molar-refractivity contribution is 9.10. The van der Waals surface area contributed by atoms with Crippen molar-refractivity contribution < 1.29 is 9.53 Å². The van der Waals surface area contributed by atoms with E-state index in [2.05, 4.69) is 30.7 Å². The number of carbonyl (C=O) groups is 1. The summed E-state index contributed by atoms with van der Waals surface area (Å²) in [5.41, 5.74) is 2.01. The summed E-state index contributed by atoms with van der Waals surface area (Å²) in [5.74, 6) is 0.208. The minimum atomic E-state index is -0.397. The van der Waals surface area contributed by atoms with Crippen molar-refractivity contribution in [3.8, 4) is 11.4 Å². The number of fused-ring (bicyclic) bond motifs is 1. The van der Waals surface area contributed by atoms with Crippen LogP contribution in [0.4, 0.5) is 0 Å². The van der Waals surface area contributed by atoms with E-state index in [4.69, 9.17) is 0 Å². The van der Waals surface area contributed by atoms with Crippen molar-refractivity contribution in [1.82, 2.24) is 14.6 Å². The van der Waals surface area contributed by atoms with Crippen molar-refractivity contribution in [2.24, 2.45) is 0 Å². The molecular weight excluding hydrogens is 322 g/mol. The number of carbonyl (C=O) groups excluding carboxylic acids is 1. The molecule has 0 bridgehead atoms. The van der Waals surface area contributed by atoms with Crippen molar-refractivity contribution in [3.05, 3.63) is 52.6 Å². The number of pyridine rings is 1. The zero-order valence-corrected chi connectivity index (χ0v) is 12.2. The SMILES string of the molecule is COC(=O)c1ccc2nc(-c3cccc(Br)c3)nn2c1. The van der Waals surface area contributed by atoms with Gasteiger partial charge in [-0.15, -0.1) is 5.10 Å². The first kappa shape index (κ1) is 12.8. The van der Waals surface area contributed by atoms with E-state index in [9.17, 15) is 4.79 Å². The quantitative estimate of drug-likeness (QED) is 0.677. The topological polar surface area (TPSA) is 56.5 Å². The van der Waals surface area contributed by atoms with Gasteiger partial charge in [-0.05, 0) is 24.3 Å². The summed E-state index contributed by atoms with van der Waals surface area (Å²) in [6.45, 7) is 0. The van der Waals surface area contributed by atoms with E-state index in [1.54, 1.807) is 22.8 Å². The summed E-state index contributed by atoms with van der Waals surface area (Å²) in [6, 6.07) is 11.1. The molecule has 0 aliphatic rings. The molecule has 0 fully saturated rings. The first-order valence-corrected chi connectivity index (χ1v) is 6.67. The van der Waals surface area contributed by atoms with Crippen LogP contribution in [0.15, 0.2) is 47.1 Å². The van der Waals surface area contributed by atoms with E-state index in [-0.39, 0.29) is 0 Å². The van der Waals surface area contributed by atoms with E-state index < -0.39 is 5.97 Å². The summed E-state index contributed by atoms with van der Waals surface area (Å²) in [6.07, 6.45) is 1.61. The van der Waals surface area contributed by atoms with Crippen molar-refractivity contribution in [2.75, 3.05) is 7.11 Å². The Kier molecular flexibility index (Phi) is 3.23. The average Bonchev–Trinajstić information content (AvgIpc) is 2.89. The van der Waals surface area contributed by atoms with Gasteiger partial charge in [-0.25, -0.2) is 14.3 Å². The number of nitrogens with zero attached hydrogens (tertiary/aromatic N) is 3. The largest absolute Gasteiger partial charge is 0.465 e. The number of methoxy groups -OCH3 is 1. The van der Waals surface area contributed by atoms with Gasteiger partial charge in [-0.2, -0.15) is 0 Å². The molecule has 0 radical (unpaired) electrons. The molecule has 100 valence electrons. The Bertz CT molecular complexity index is 798. The number of ether oxygens (including phenoxy) is 1. The van der Waals surface area contributed by atoms with Crippen LogP contribution in [0.5, 0.6) is 0 Å². The van der Waals surface area contributed by atoms with Crippen LogP contribution in [0.2, 0.25) is 0 Å². The lowest BCUT2D eigenvalue weighted by Gasteiger charge is -1.98. The molecule has 0 saturated heterocycles. The Morgan fingerprint density at radius 1 is 1.30 bits per heavy atom. The lowest BCUT2D eigenvalue weighted by Crippen LogP contribution is -2.03. The molecule has 2 aromatic heterocycles. The van der Waals surface area contributed by atoms with E-state index in [0.29, 0.717) is 17.0 Å². The molecule has 5 nitrogen and oxygen atoms in total. The molecule has 20 heavy (non-hydrogen) atoms. The highest BCUT2D eigenvalue weighted by atomic mass is 79.9. The Hall–Kier alpha value is -2.21. The number of halogens is 1.